The maximum absolute atomic E-state index is 12.2. The summed E-state index contributed by atoms with van der Waals surface area (Å²) in [5.41, 5.74) is 3.03. The van der Waals surface area contributed by atoms with Gasteiger partial charge < -0.3 is 10.1 Å². The number of rotatable bonds is 6. The Hall–Kier alpha value is -2.89. The van der Waals surface area contributed by atoms with E-state index in [2.05, 4.69) is 21.6 Å². The summed E-state index contributed by atoms with van der Waals surface area (Å²) in [4.78, 5) is 12.2. The van der Waals surface area contributed by atoms with Gasteiger partial charge in [-0.05, 0) is 44.5 Å². The van der Waals surface area contributed by atoms with E-state index >= 15 is 0 Å². The quantitative estimate of drug-likeness (QED) is 0.750. The first-order valence-electron chi connectivity index (χ1n) is 8.33. The van der Waals surface area contributed by atoms with E-state index in [1.807, 2.05) is 61.7 Å². The van der Waals surface area contributed by atoms with Crippen molar-refractivity contribution in [2.24, 2.45) is 0 Å². The summed E-state index contributed by atoms with van der Waals surface area (Å²) in [7, 11) is 0. The van der Waals surface area contributed by atoms with Crippen LogP contribution in [0.3, 0.4) is 0 Å². The van der Waals surface area contributed by atoms with E-state index in [0.29, 0.717) is 12.4 Å². The molecule has 1 aromatic carbocycles. The zero-order chi connectivity index (χ0) is 17.8. The van der Waals surface area contributed by atoms with Crippen molar-refractivity contribution < 1.29 is 9.53 Å². The van der Waals surface area contributed by atoms with Gasteiger partial charge in [-0.15, -0.1) is 10.2 Å². The van der Waals surface area contributed by atoms with Crippen LogP contribution in [0.1, 0.15) is 36.3 Å². The van der Waals surface area contributed by atoms with Crippen molar-refractivity contribution in [3.05, 3.63) is 59.5 Å². The molecule has 1 unspecified atom stereocenters. The zero-order valence-electron chi connectivity index (χ0n) is 14.7. The summed E-state index contributed by atoms with van der Waals surface area (Å²) in [6.45, 7) is 6.27. The number of fused-ring (bicyclic) bond motifs is 1. The molecule has 6 heteroatoms. The minimum absolute atomic E-state index is 0.0788. The van der Waals surface area contributed by atoms with Gasteiger partial charge in [0.25, 0.3) is 0 Å². The Balaban J connectivity index is 1.53. The molecule has 0 radical (unpaired) electrons. The van der Waals surface area contributed by atoms with Crippen molar-refractivity contribution in [2.45, 2.75) is 33.2 Å². The van der Waals surface area contributed by atoms with Crippen LogP contribution in [0.25, 0.3) is 5.65 Å². The molecular weight excluding hydrogens is 316 g/mol. The average molecular weight is 338 g/mol. The number of hydrogen-bond donors (Lipinski definition) is 1. The number of aromatic nitrogens is 3. The number of hydrogen-bond acceptors (Lipinski definition) is 4. The largest absolute Gasteiger partial charge is 0.493 e. The van der Waals surface area contributed by atoms with Crippen LogP contribution >= 0.6 is 0 Å². The van der Waals surface area contributed by atoms with Gasteiger partial charge in [0.15, 0.2) is 11.5 Å². The highest BCUT2D eigenvalue weighted by Gasteiger charge is 2.15. The molecule has 0 saturated heterocycles. The molecular formula is C19H22N4O2. The van der Waals surface area contributed by atoms with E-state index in [4.69, 9.17) is 4.74 Å². The maximum Gasteiger partial charge on any atom is 0.224 e. The molecule has 6 nitrogen and oxygen atoms in total. The number of carbonyl (C=O) groups is 1. The summed E-state index contributed by atoms with van der Waals surface area (Å²) in [5, 5.41) is 11.2. The topological polar surface area (TPSA) is 68.5 Å². The van der Waals surface area contributed by atoms with Crippen molar-refractivity contribution in [1.82, 2.24) is 19.9 Å². The molecule has 0 aliphatic heterocycles. The molecule has 3 aromatic rings. The van der Waals surface area contributed by atoms with Crippen molar-refractivity contribution in [2.75, 3.05) is 6.61 Å². The van der Waals surface area contributed by atoms with Gasteiger partial charge in [-0.2, -0.15) is 0 Å². The molecule has 0 spiro atoms. The first kappa shape index (κ1) is 17.0. The van der Waals surface area contributed by atoms with Gasteiger partial charge in [-0.1, -0.05) is 23.8 Å². The van der Waals surface area contributed by atoms with Gasteiger partial charge in [0.05, 0.1) is 19.1 Å². The highest BCUT2D eigenvalue weighted by atomic mass is 16.5. The van der Waals surface area contributed by atoms with Gasteiger partial charge in [-0.3, -0.25) is 9.20 Å². The Labute approximate surface area is 146 Å². The number of carbonyl (C=O) groups excluding carboxylic acids is 1. The minimum atomic E-state index is -0.231. The fourth-order valence-corrected chi connectivity index (χ4v) is 2.75. The summed E-state index contributed by atoms with van der Waals surface area (Å²) < 4.78 is 7.58. The number of nitrogens with zero attached hydrogens (tertiary/aromatic N) is 3. The maximum atomic E-state index is 12.2. The second kappa shape index (κ2) is 7.34. The van der Waals surface area contributed by atoms with E-state index in [0.717, 1.165) is 17.0 Å². The number of ether oxygens (including phenoxy) is 1. The van der Waals surface area contributed by atoms with E-state index in [1.165, 1.54) is 5.56 Å². The van der Waals surface area contributed by atoms with E-state index in [9.17, 15) is 4.79 Å². The van der Waals surface area contributed by atoms with Crippen LogP contribution in [0, 0.1) is 13.8 Å². The molecule has 2 heterocycles. The Kier molecular flexibility index (Phi) is 4.97. The summed E-state index contributed by atoms with van der Waals surface area (Å²) >= 11 is 0. The number of nitrogens with one attached hydrogen (secondary N) is 1. The van der Waals surface area contributed by atoms with Crippen LogP contribution < -0.4 is 10.1 Å². The van der Waals surface area contributed by atoms with Gasteiger partial charge in [0.2, 0.25) is 5.91 Å². The molecule has 1 amide bonds. The van der Waals surface area contributed by atoms with Gasteiger partial charge in [-0.25, -0.2) is 0 Å². The molecule has 0 fully saturated rings. The highest BCUT2D eigenvalue weighted by Crippen LogP contribution is 2.19. The number of benzene rings is 1. The predicted molar refractivity (Wildman–Crippen MR) is 95.6 cm³/mol. The van der Waals surface area contributed by atoms with Crippen LogP contribution in [0.4, 0.5) is 0 Å². The standard InChI is InChI=1S/C19H22N4O2/c1-13-7-8-16(14(2)12-13)25-11-9-18(24)20-15(3)19-22-21-17-6-4-5-10-23(17)19/h4-8,10,12,15H,9,11H2,1-3H3,(H,20,24). The third-order valence-corrected chi connectivity index (χ3v) is 4.02. The summed E-state index contributed by atoms with van der Waals surface area (Å²) in [5.74, 6) is 1.44. The molecule has 130 valence electrons. The lowest BCUT2D eigenvalue weighted by Crippen LogP contribution is -2.29. The third-order valence-electron chi connectivity index (χ3n) is 4.02. The van der Waals surface area contributed by atoms with Gasteiger partial charge in [0, 0.05) is 6.20 Å². The molecule has 1 N–H and O–H groups in total. The fraction of sp³-hybridized carbons (Fsp3) is 0.316. The Morgan fingerprint density at radius 2 is 2.08 bits per heavy atom. The Morgan fingerprint density at radius 3 is 2.88 bits per heavy atom. The summed E-state index contributed by atoms with van der Waals surface area (Å²) in [6.07, 6.45) is 2.17. The Bertz CT molecular complexity index is 888. The lowest BCUT2D eigenvalue weighted by molar-refractivity contribution is -0.122. The molecule has 3 rings (SSSR count). The van der Waals surface area contributed by atoms with E-state index in [1.54, 1.807) is 0 Å². The zero-order valence-corrected chi connectivity index (χ0v) is 14.7. The van der Waals surface area contributed by atoms with Gasteiger partial charge >= 0.3 is 0 Å². The molecule has 25 heavy (non-hydrogen) atoms. The SMILES string of the molecule is Cc1ccc(OCCC(=O)NC(C)c2nnc3ccccn23)c(C)c1. The van der Waals surface area contributed by atoms with Gasteiger partial charge in [0.1, 0.15) is 5.75 Å². The van der Waals surface area contributed by atoms with Crippen LogP contribution in [-0.2, 0) is 4.79 Å². The average Bonchev–Trinajstić information content (AvgIpc) is 3.01. The van der Waals surface area contributed by atoms with Crippen molar-refractivity contribution in [3.63, 3.8) is 0 Å². The smallest absolute Gasteiger partial charge is 0.224 e. The first-order valence-corrected chi connectivity index (χ1v) is 8.33. The summed E-state index contributed by atoms with van der Waals surface area (Å²) in [6, 6.07) is 11.5. The molecule has 2 aromatic heterocycles. The predicted octanol–water partition coefficient (Wildman–Crippen LogP) is 2.99. The highest BCUT2D eigenvalue weighted by molar-refractivity contribution is 5.76. The van der Waals surface area contributed by atoms with Crippen LogP contribution in [0.15, 0.2) is 42.6 Å². The van der Waals surface area contributed by atoms with Crippen LogP contribution in [0.5, 0.6) is 5.75 Å². The second-order valence-corrected chi connectivity index (χ2v) is 6.14. The third kappa shape index (κ3) is 3.96. The Morgan fingerprint density at radius 1 is 1.24 bits per heavy atom. The molecule has 0 aliphatic rings. The molecule has 0 bridgehead atoms. The van der Waals surface area contributed by atoms with Crippen LogP contribution in [-0.4, -0.2) is 27.1 Å². The van der Waals surface area contributed by atoms with Crippen molar-refractivity contribution in [3.8, 4) is 5.75 Å². The number of aryl methyl sites for hydroxylation is 2. The van der Waals surface area contributed by atoms with Crippen molar-refractivity contribution >= 4 is 11.6 Å². The van der Waals surface area contributed by atoms with E-state index < -0.39 is 0 Å². The normalized spacial score (nSPS) is 12.1. The minimum Gasteiger partial charge on any atom is -0.493 e. The molecule has 0 aliphatic carbocycles. The fourth-order valence-electron chi connectivity index (χ4n) is 2.75. The molecule has 1 atom stereocenters. The lowest BCUT2D eigenvalue weighted by atomic mass is 10.1. The van der Waals surface area contributed by atoms with Crippen LogP contribution in [0.2, 0.25) is 0 Å². The second-order valence-electron chi connectivity index (χ2n) is 6.14. The lowest BCUT2D eigenvalue weighted by Gasteiger charge is -2.13. The number of pyridine rings is 1. The number of amides is 1. The first-order chi connectivity index (χ1) is 12.0. The van der Waals surface area contributed by atoms with Crippen molar-refractivity contribution in [1.29, 1.82) is 0 Å². The monoisotopic (exact) mass is 338 g/mol. The van der Waals surface area contributed by atoms with E-state index in [-0.39, 0.29) is 18.4 Å². The molecule has 0 saturated carbocycles.